The summed E-state index contributed by atoms with van der Waals surface area (Å²) in [7, 11) is 1.62. The van der Waals surface area contributed by atoms with Crippen LogP contribution in [0.3, 0.4) is 0 Å². The molecule has 0 atom stereocenters. The van der Waals surface area contributed by atoms with Gasteiger partial charge in [0.15, 0.2) is 0 Å². The van der Waals surface area contributed by atoms with Crippen molar-refractivity contribution in [3.8, 4) is 5.75 Å². The number of aromatic nitrogens is 1. The fraction of sp³-hybridized carbons (Fsp3) is 0.0588. The topological polar surface area (TPSA) is 51.2 Å². The normalized spacial score (nSPS) is 10.6. The number of nitrogens with one attached hydrogen (secondary N) is 1. The van der Waals surface area contributed by atoms with Crippen molar-refractivity contribution in [2.75, 3.05) is 12.4 Å². The van der Waals surface area contributed by atoms with Gasteiger partial charge in [-0.2, -0.15) is 0 Å². The molecule has 1 amide bonds. The van der Waals surface area contributed by atoms with Crippen molar-refractivity contribution in [1.29, 1.82) is 0 Å². The number of ether oxygens (including phenoxy) is 1. The number of hydrogen-bond donors (Lipinski definition) is 1. The summed E-state index contributed by atoms with van der Waals surface area (Å²) in [5, 5.41) is 3.77. The molecule has 0 saturated heterocycles. The molecule has 6 heteroatoms. The minimum atomic E-state index is -0.259. The molecule has 2 aromatic carbocycles. The molecule has 0 spiro atoms. The summed E-state index contributed by atoms with van der Waals surface area (Å²) in [6, 6.07) is 14.6. The monoisotopic (exact) mass is 434 g/mol. The van der Waals surface area contributed by atoms with Crippen LogP contribution < -0.4 is 10.1 Å². The molecule has 4 nitrogen and oxygen atoms in total. The number of amides is 1. The summed E-state index contributed by atoms with van der Waals surface area (Å²) in [6.07, 6.45) is 0. The van der Waals surface area contributed by atoms with Gasteiger partial charge in [-0.3, -0.25) is 4.79 Å². The highest BCUT2D eigenvalue weighted by Gasteiger charge is 2.11. The predicted octanol–water partition coefficient (Wildman–Crippen LogP) is 5.02. The Labute approximate surface area is 150 Å². The molecular weight excluding hydrogens is 424 g/mol. The van der Waals surface area contributed by atoms with Crippen LogP contribution in [-0.4, -0.2) is 18.0 Å². The van der Waals surface area contributed by atoms with E-state index in [1.165, 1.54) is 0 Å². The Morgan fingerprint density at radius 3 is 2.65 bits per heavy atom. The minimum Gasteiger partial charge on any atom is -0.497 e. The fourth-order valence-corrected chi connectivity index (χ4v) is 3.28. The standard InChI is InChI=1S/C17H12Br2N2O2/c1-23-12-4-7-14-10(8-12)2-5-16(20-14)17(22)21-15-6-3-11(18)9-13(15)19/h2-9H,1H3,(H,21,22). The van der Waals surface area contributed by atoms with Crippen molar-refractivity contribution in [1.82, 2.24) is 4.98 Å². The average molecular weight is 436 g/mol. The van der Waals surface area contributed by atoms with Crippen molar-refractivity contribution in [2.24, 2.45) is 0 Å². The van der Waals surface area contributed by atoms with E-state index in [4.69, 9.17) is 4.74 Å². The van der Waals surface area contributed by atoms with Crippen LogP contribution in [0.1, 0.15) is 10.5 Å². The van der Waals surface area contributed by atoms with Crippen molar-refractivity contribution >= 4 is 54.4 Å². The molecule has 1 heterocycles. The lowest BCUT2D eigenvalue weighted by molar-refractivity contribution is 0.102. The van der Waals surface area contributed by atoms with E-state index in [2.05, 4.69) is 42.2 Å². The minimum absolute atomic E-state index is 0.259. The molecule has 0 radical (unpaired) electrons. The first kappa shape index (κ1) is 16.0. The van der Waals surface area contributed by atoms with Gasteiger partial charge in [-0.05, 0) is 58.4 Å². The Kier molecular flexibility index (Phi) is 4.63. The van der Waals surface area contributed by atoms with Gasteiger partial charge in [0, 0.05) is 14.3 Å². The maximum absolute atomic E-state index is 12.4. The molecule has 0 aliphatic rings. The number of halogens is 2. The second-order valence-electron chi connectivity index (χ2n) is 4.83. The van der Waals surface area contributed by atoms with E-state index in [-0.39, 0.29) is 5.91 Å². The van der Waals surface area contributed by atoms with Gasteiger partial charge in [0.25, 0.3) is 5.91 Å². The van der Waals surface area contributed by atoms with Crippen LogP contribution in [0.5, 0.6) is 5.75 Å². The van der Waals surface area contributed by atoms with Crippen LogP contribution in [0, 0.1) is 0 Å². The molecule has 116 valence electrons. The maximum Gasteiger partial charge on any atom is 0.274 e. The summed E-state index contributed by atoms with van der Waals surface area (Å²) in [6.45, 7) is 0. The first-order chi connectivity index (χ1) is 11.1. The van der Waals surface area contributed by atoms with E-state index >= 15 is 0 Å². The number of benzene rings is 2. The quantitative estimate of drug-likeness (QED) is 0.628. The van der Waals surface area contributed by atoms with Crippen LogP contribution in [0.4, 0.5) is 5.69 Å². The zero-order valence-corrected chi connectivity index (χ0v) is 15.3. The molecule has 3 rings (SSSR count). The number of carbonyl (C=O) groups excluding carboxylic acids is 1. The van der Waals surface area contributed by atoms with E-state index in [0.717, 1.165) is 25.6 Å². The van der Waals surface area contributed by atoms with E-state index in [1.54, 1.807) is 13.2 Å². The van der Waals surface area contributed by atoms with E-state index < -0.39 is 0 Å². The van der Waals surface area contributed by atoms with Gasteiger partial charge >= 0.3 is 0 Å². The first-order valence-electron chi connectivity index (χ1n) is 6.78. The number of methoxy groups -OCH3 is 1. The van der Waals surface area contributed by atoms with Gasteiger partial charge in [0.05, 0.1) is 18.3 Å². The molecule has 0 aliphatic carbocycles. The number of nitrogens with zero attached hydrogens (tertiary/aromatic N) is 1. The van der Waals surface area contributed by atoms with Gasteiger partial charge in [-0.1, -0.05) is 22.0 Å². The molecule has 23 heavy (non-hydrogen) atoms. The Balaban J connectivity index is 1.88. The van der Waals surface area contributed by atoms with Crippen LogP contribution in [0.15, 0.2) is 57.5 Å². The smallest absolute Gasteiger partial charge is 0.274 e. The Morgan fingerprint density at radius 1 is 1.09 bits per heavy atom. The van der Waals surface area contributed by atoms with E-state index in [1.807, 2.05) is 42.5 Å². The fourth-order valence-electron chi connectivity index (χ4n) is 2.13. The number of fused-ring (bicyclic) bond motifs is 1. The summed E-state index contributed by atoms with van der Waals surface area (Å²) in [5.41, 5.74) is 1.79. The zero-order chi connectivity index (χ0) is 16.4. The highest BCUT2D eigenvalue weighted by molar-refractivity contribution is 9.11. The number of pyridine rings is 1. The molecule has 0 aliphatic heterocycles. The number of rotatable bonds is 3. The van der Waals surface area contributed by atoms with Crippen LogP contribution in [0.25, 0.3) is 10.9 Å². The second-order valence-corrected chi connectivity index (χ2v) is 6.60. The third-order valence-electron chi connectivity index (χ3n) is 3.31. The molecule has 1 N–H and O–H groups in total. The van der Waals surface area contributed by atoms with Crippen LogP contribution >= 0.6 is 31.9 Å². The molecule has 0 saturated carbocycles. The Morgan fingerprint density at radius 2 is 1.91 bits per heavy atom. The first-order valence-corrected chi connectivity index (χ1v) is 8.36. The highest BCUT2D eigenvalue weighted by Crippen LogP contribution is 2.27. The number of anilines is 1. The van der Waals surface area contributed by atoms with Gasteiger partial charge < -0.3 is 10.1 Å². The SMILES string of the molecule is COc1ccc2nc(C(=O)Nc3ccc(Br)cc3Br)ccc2c1. The van der Waals surface area contributed by atoms with Gasteiger partial charge in [-0.15, -0.1) is 0 Å². The molecule has 0 unspecified atom stereocenters. The van der Waals surface area contributed by atoms with Crippen LogP contribution in [0.2, 0.25) is 0 Å². The van der Waals surface area contributed by atoms with Crippen molar-refractivity contribution in [2.45, 2.75) is 0 Å². The Hall–Kier alpha value is -1.92. The third-order valence-corrected chi connectivity index (χ3v) is 4.46. The van der Waals surface area contributed by atoms with Gasteiger partial charge in [-0.25, -0.2) is 4.98 Å². The summed E-state index contributed by atoms with van der Waals surface area (Å²) in [4.78, 5) is 16.8. The maximum atomic E-state index is 12.4. The van der Waals surface area contributed by atoms with Crippen LogP contribution in [-0.2, 0) is 0 Å². The van der Waals surface area contributed by atoms with Crippen molar-refractivity contribution in [3.63, 3.8) is 0 Å². The predicted molar refractivity (Wildman–Crippen MR) is 98.1 cm³/mol. The van der Waals surface area contributed by atoms with E-state index in [0.29, 0.717) is 11.4 Å². The lowest BCUT2D eigenvalue weighted by Gasteiger charge is -2.08. The summed E-state index contributed by atoms with van der Waals surface area (Å²) in [5.74, 6) is 0.501. The third kappa shape index (κ3) is 3.54. The summed E-state index contributed by atoms with van der Waals surface area (Å²) < 4.78 is 6.91. The molecular formula is C17H12Br2N2O2. The Bertz CT molecular complexity index is 897. The summed E-state index contributed by atoms with van der Waals surface area (Å²) >= 11 is 6.81. The van der Waals surface area contributed by atoms with E-state index in [9.17, 15) is 4.79 Å². The largest absolute Gasteiger partial charge is 0.497 e. The molecule has 1 aromatic heterocycles. The lowest BCUT2D eigenvalue weighted by Crippen LogP contribution is -2.14. The average Bonchev–Trinajstić information content (AvgIpc) is 2.56. The molecule has 0 fully saturated rings. The van der Waals surface area contributed by atoms with Gasteiger partial charge in [0.1, 0.15) is 11.4 Å². The second kappa shape index (κ2) is 6.68. The molecule has 3 aromatic rings. The lowest BCUT2D eigenvalue weighted by atomic mass is 10.2. The number of carbonyl (C=O) groups is 1. The zero-order valence-electron chi connectivity index (χ0n) is 12.1. The molecule has 0 bridgehead atoms. The van der Waals surface area contributed by atoms with Crippen molar-refractivity contribution < 1.29 is 9.53 Å². The van der Waals surface area contributed by atoms with Crippen molar-refractivity contribution in [3.05, 3.63) is 63.2 Å². The van der Waals surface area contributed by atoms with Gasteiger partial charge in [0.2, 0.25) is 0 Å². The highest BCUT2D eigenvalue weighted by atomic mass is 79.9. The number of hydrogen-bond acceptors (Lipinski definition) is 3.